The first kappa shape index (κ1) is 21.5. The highest BCUT2D eigenvalue weighted by molar-refractivity contribution is 7.92. The maximum absolute atomic E-state index is 12.8. The molecule has 1 aromatic rings. The number of hydrogen-bond acceptors (Lipinski definition) is 5. The first-order valence-corrected chi connectivity index (χ1v) is 11.3. The lowest BCUT2D eigenvalue weighted by molar-refractivity contribution is 0.0924. The van der Waals surface area contributed by atoms with E-state index in [1.807, 2.05) is 13.8 Å². The molecular weight excluding hydrogens is 366 g/mol. The number of carbonyl (C=O) groups excluding carboxylic acids is 1. The van der Waals surface area contributed by atoms with Crippen molar-refractivity contribution in [3.63, 3.8) is 0 Å². The molecule has 0 spiro atoms. The molecule has 0 bridgehead atoms. The van der Waals surface area contributed by atoms with Crippen LogP contribution < -0.4 is 20.1 Å². The number of methoxy groups -OCH3 is 1. The van der Waals surface area contributed by atoms with E-state index in [2.05, 4.69) is 15.4 Å². The van der Waals surface area contributed by atoms with Crippen molar-refractivity contribution in [1.29, 1.82) is 0 Å². The van der Waals surface area contributed by atoms with Crippen LogP contribution in [0.3, 0.4) is 0 Å². The van der Waals surface area contributed by atoms with Gasteiger partial charge < -0.3 is 15.4 Å². The van der Waals surface area contributed by atoms with Gasteiger partial charge in [0.25, 0.3) is 5.91 Å². The van der Waals surface area contributed by atoms with Gasteiger partial charge in [-0.1, -0.05) is 20.3 Å². The van der Waals surface area contributed by atoms with Gasteiger partial charge in [-0.3, -0.25) is 9.52 Å². The molecule has 1 aromatic carbocycles. The Morgan fingerprint density at radius 3 is 2.74 bits per heavy atom. The highest BCUT2D eigenvalue weighted by Crippen LogP contribution is 2.24. The summed E-state index contributed by atoms with van der Waals surface area (Å²) in [5.41, 5.74) is 0.689. The maximum Gasteiger partial charge on any atom is 0.255 e. The number of carbonyl (C=O) groups is 1. The Morgan fingerprint density at radius 1 is 1.37 bits per heavy atom. The van der Waals surface area contributed by atoms with E-state index < -0.39 is 10.0 Å². The molecule has 3 N–H and O–H groups in total. The van der Waals surface area contributed by atoms with Gasteiger partial charge in [-0.25, -0.2) is 8.42 Å². The third kappa shape index (κ3) is 6.10. The third-order valence-electron chi connectivity index (χ3n) is 4.82. The number of nitrogens with one attached hydrogen (secondary N) is 3. The zero-order valence-corrected chi connectivity index (χ0v) is 17.2. The molecular formula is C19H31N3O4S. The largest absolute Gasteiger partial charge is 0.496 e. The summed E-state index contributed by atoms with van der Waals surface area (Å²) in [6.45, 7) is 4.95. The molecule has 1 saturated heterocycles. The van der Waals surface area contributed by atoms with E-state index in [-0.39, 0.29) is 23.7 Å². The van der Waals surface area contributed by atoms with Crippen molar-refractivity contribution in [2.75, 3.05) is 24.1 Å². The van der Waals surface area contributed by atoms with E-state index in [4.69, 9.17) is 4.74 Å². The lowest BCUT2D eigenvalue weighted by Gasteiger charge is -2.24. The van der Waals surface area contributed by atoms with Crippen molar-refractivity contribution in [1.82, 2.24) is 10.6 Å². The molecule has 7 nitrogen and oxygen atoms in total. The van der Waals surface area contributed by atoms with Crippen LogP contribution in [0, 0.1) is 0 Å². The van der Waals surface area contributed by atoms with Crippen LogP contribution in [0.1, 0.15) is 56.3 Å². The summed E-state index contributed by atoms with van der Waals surface area (Å²) in [7, 11) is -1.94. The third-order valence-corrected chi connectivity index (χ3v) is 6.20. The van der Waals surface area contributed by atoms with Gasteiger partial charge in [-0.2, -0.15) is 0 Å². The smallest absolute Gasteiger partial charge is 0.255 e. The molecule has 1 aliphatic heterocycles. The molecule has 2 unspecified atom stereocenters. The summed E-state index contributed by atoms with van der Waals surface area (Å²) in [6.07, 6.45) is 4.34. The van der Waals surface area contributed by atoms with Gasteiger partial charge in [-0.15, -0.1) is 0 Å². The Kier molecular flexibility index (Phi) is 7.91. The van der Waals surface area contributed by atoms with E-state index in [1.165, 1.54) is 13.2 Å². The fourth-order valence-electron chi connectivity index (χ4n) is 3.30. The van der Waals surface area contributed by atoms with E-state index in [1.54, 1.807) is 12.1 Å². The zero-order chi connectivity index (χ0) is 19.9. The fraction of sp³-hybridized carbons (Fsp3) is 0.632. The summed E-state index contributed by atoms with van der Waals surface area (Å²) < 4.78 is 32.1. The van der Waals surface area contributed by atoms with Gasteiger partial charge in [-0.05, 0) is 50.4 Å². The van der Waals surface area contributed by atoms with Crippen LogP contribution in [-0.2, 0) is 10.0 Å². The predicted octanol–water partition coefficient (Wildman–Crippen LogP) is 2.50. The summed E-state index contributed by atoms with van der Waals surface area (Å²) >= 11 is 0. The first-order valence-electron chi connectivity index (χ1n) is 9.63. The van der Waals surface area contributed by atoms with Gasteiger partial charge in [0.2, 0.25) is 10.0 Å². The normalized spacial score (nSPS) is 18.1. The minimum Gasteiger partial charge on any atom is -0.496 e. The number of hydrogen-bond donors (Lipinski definition) is 3. The van der Waals surface area contributed by atoms with Crippen molar-refractivity contribution in [2.45, 2.75) is 58.0 Å². The number of amides is 1. The van der Waals surface area contributed by atoms with Gasteiger partial charge in [0.05, 0.1) is 18.4 Å². The first-order chi connectivity index (χ1) is 12.9. The minimum atomic E-state index is -3.43. The molecule has 27 heavy (non-hydrogen) atoms. The number of sulfonamides is 1. The second-order valence-corrected chi connectivity index (χ2v) is 8.72. The van der Waals surface area contributed by atoms with Crippen molar-refractivity contribution in [3.8, 4) is 5.75 Å². The van der Waals surface area contributed by atoms with E-state index >= 15 is 0 Å². The highest BCUT2D eigenvalue weighted by atomic mass is 32.2. The predicted molar refractivity (Wildman–Crippen MR) is 108 cm³/mol. The molecule has 1 heterocycles. The Balaban J connectivity index is 2.17. The average molecular weight is 398 g/mol. The van der Waals surface area contributed by atoms with Gasteiger partial charge in [0.1, 0.15) is 5.75 Å². The van der Waals surface area contributed by atoms with Crippen molar-refractivity contribution in [2.24, 2.45) is 0 Å². The average Bonchev–Trinajstić information content (AvgIpc) is 3.18. The number of anilines is 1. The molecule has 1 aliphatic rings. The van der Waals surface area contributed by atoms with E-state index in [0.29, 0.717) is 23.4 Å². The number of ether oxygens (including phenoxy) is 1. The quantitative estimate of drug-likeness (QED) is 0.564. The lowest BCUT2D eigenvalue weighted by Crippen LogP contribution is -2.47. The summed E-state index contributed by atoms with van der Waals surface area (Å²) in [5.74, 6) is 0.211. The standard InChI is InChI=1S/C19H31N3O4S/c1-4-6-12-27(24,25)22-14-9-10-18(26-3)15(13-14)19(23)21-16(5-2)17-8-7-11-20-17/h9-10,13,16-17,20,22H,4-8,11-12H2,1-3H3,(H,21,23). The molecule has 0 saturated carbocycles. The Hall–Kier alpha value is -1.80. The highest BCUT2D eigenvalue weighted by Gasteiger charge is 2.26. The van der Waals surface area contributed by atoms with Crippen LogP contribution in [0.25, 0.3) is 0 Å². The Morgan fingerprint density at radius 2 is 2.15 bits per heavy atom. The molecule has 2 rings (SSSR count). The SMILES string of the molecule is CCCCS(=O)(=O)Nc1ccc(OC)c(C(=O)NC(CC)C2CCCN2)c1. The zero-order valence-electron chi connectivity index (χ0n) is 16.4. The Bertz CT molecular complexity index is 730. The van der Waals surface area contributed by atoms with Gasteiger partial charge >= 0.3 is 0 Å². The topological polar surface area (TPSA) is 96.5 Å². The molecule has 1 fully saturated rings. The van der Waals surface area contributed by atoms with Gasteiger partial charge in [0.15, 0.2) is 0 Å². The fourth-order valence-corrected chi connectivity index (χ4v) is 4.56. The van der Waals surface area contributed by atoms with Crippen molar-refractivity contribution in [3.05, 3.63) is 23.8 Å². The number of rotatable bonds is 10. The van der Waals surface area contributed by atoms with E-state index in [0.717, 1.165) is 32.2 Å². The molecule has 1 amide bonds. The van der Waals surface area contributed by atoms with Crippen LogP contribution >= 0.6 is 0 Å². The minimum absolute atomic E-state index is 0.0228. The van der Waals surface area contributed by atoms with E-state index in [9.17, 15) is 13.2 Å². The van der Waals surface area contributed by atoms with Crippen LogP contribution in [0.15, 0.2) is 18.2 Å². The second-order valence-electron chi connectivity index (χ2n) is 6.88. The lowest BCUT2D eigenvalue weighted by atomic mass is 10.0. The van der Waals surface area contributed by atoms with Gasteiger partial charge in [0, 0.05) is 17.8 Å². The summed E-state index contributed by atoms with van der Waals surface area (Å²) in [6, 6.07) is 5.04. The Labute approximate surface area is 162 Å². The molecule has 2 atom stereocenters. The molecule has 8 heteroatoms. The molecule has 0 radical (unpaired) electrons. The van der Waals surface area contributed by atoms with Crippen molar-refractivity contribution < 1.29 is 17.9 Å². The van der Waals surface area contributed by atoms with Crippen LogP contribution in [0.4, 0.5) is 5.69 Å². The monoisotopic (exact) mass is 397 g/mol. The van der Waals surface area contributed by atoms with Crippen LogP contribution in [0.2, 0.25) is 0 Å². The van der Waals surface area contributed by atoms with Crippen LogP contribution in [-0.4, -0.2) is 45.8 Å². The molecule has 0 aromatic heterocycles. The summed E-state index contributed by atoms with van der Waals surface area (Å²) in [5, 5.41) is 6.48. The number of unbranched alkanes of at least 4 members (excludes halogenated alkanes) is 1. The molecule has 0 aliphatic carbocycles. The maximum atomic E-state index is 12.8. The van der Waals surface area contributed by atoms with Crippen LogP contribution in [0.5, 0.6) is 5.75 Å². The second kappa shape index (κ2) is 9.94. The number of benzene rings is 1. The van der Waals surface area contributed by atoms with Crippen molar-refractivity contribution >= 4 is 21.6 Å². The molecule has 152 valence electrons. The summed E-state index contributed by atoms with van der Waals surface area (Å²) in [4.78, 5) is 12.8.